The molecule has 0 bridgehead atoms. The smallest absolute Gasteiger partial charge is 0.274 e. The topological polar surface area (TPSA) is 75.4 Å². The van der Waals surface area contributed by atoms with Crippen LogP contribution in [0.15, 0.2) is 47.3 Å². The van der Waals surface area contributed by atoms with Gasteiger partial charge in [-0.2, -0.15) is 9.78 Å². The number of amides is 1. The van der Waals surface area contributed by atoms with Crippen molar-refractivity contribution in [2.24, 2.45) is 5.92 Å². The van der Waals surface area contributed by atoms with E-state index in [0.717, 1.165) is 25.7 Å². The van der Waals surface area contributed by atoms with Crippen LogP contribution < -0.4 is 5.56 Å². The average molecular weight is 341 g/mol. The number of hydrogen-bond acceptors (Lipinski definition) is 4. The number of benzene rings is 1. The van der Waals surface area contributed by atoms with E-state index in [2.05, 4.69) is 5.10 Å². The number of nitrogens with zero attached hydrogens (tertiary/aromatic N) is 3. The van der Waals surface area contributed by atoms with Crippen molar-refractivity contribution in [3.8, 4) is 5.69 Å². The summed E-state index contributed by atoms with van der Waals surface area (Å²) in [7, 11) is 1.71. The molecular formula is C19H23N3O3. The van der Waals surface area contributed by atoms with Crippen LogP contribution in [0.25, 0.3) is 5.69 Å². The summed E-state index contributed by atoms with van der Waals surface area (Å²) in [5.74, 6) is -0.148. The van der Waals surface area contributed by atoms with Gasteiger partial charge in [0.2, 0.25) is 0 Å². The van der Waals surface area contributed by atoms with Gasteiger partial charge in [0.05, 0.1) is 11.8 Å². The van der Waals surface area contributed by atoms with Gasteiger partial charge in [-0.3, -0.25) is 9.59 Å². The second kappa shape index (κ2) is 7.61. The summed E-state index contributed by atoms with van der Waals surface area (Å²) in [4.78, 5) is 26.3. The fourth-order valence-corrected chi connectivity index (χ4v) is 3.31. The summed E-state index contributed by atoms with van der Waals surface area (Å²) in [6, 6.07) is 11.8. The summed E-state index contributed by atoms with van der Waals surface area (Å²) in [6.07, 6.45) is 3.49. The van der Waals surface area contributed by atoms with Crippen molar-refractivity contribution in [2.45, 2.75) is 31.8 Å². The Hall–Kier alpha value is -2.47. The van der Waals surface area contributed by atoms with Gasteiger partial charge in [-0.1, -0.05) is 31.0 Å². The van der Waals surface area contributed by atoms with Crippen molar-refractivity contribution in [3.63, 3.8) is 0 Å². The Morgan fingerprint density at radius 3 is 2.64 bits per heavy atom. The molecule has 3 rings (SSSR count). The zero-order chi connectivity index (χ0) is 17.8. The third-order valence-corrected chi connectivity index (χ3v) is 4.74. The highest BCUT2D eigenvalue weighted by Crippen LogP contribution is 2.25. The molecule has 1 heterocycles. The van der Waals surface area contributed by atoms with Gasteiger partial charge in [-0.25, -0.2) is 0 Å². The normalized spacial score (nSPS) is 20.2. The van der Waals surface area contributed by atoms with Gasteiger partial charge in [-0.05, 0) is 31.0 Å². The van der Waals surface area contributed by atoms with Crippen LogP contribution in [0.5, 0.6) is 0 Å². The summed E-state index contributed by atoms with van der Waals surface area (Å²) < 4.78 is 1.23. The minimum Gasteiger partial charge on any atom is -0.393 e. The van der Waals surface area contributed by atoms with Crippen molar-refractivity contribution in [1.29, 1.82) is 0 Å². The molecule has 1 N–H and O–H groups in total. The van der Waals surface area contributed by atoms with E-state index in [1.165, 1.54) is 16.8 Å². The summed E-state index contributed by atoms with van der Waals surface area (Å²) in [5.41, 5.74) is 0.553. The average Bonchev–Trinajstić information content (AvgIpc) is 2.64. The van der Waals surface area contributed by atoms with Crippen LogP contribution in [-0.2, 0) is 0 Å². The molecule has 2 aromatic rings. The van der Waals surface area contributed by atoms with Gasteiger partial charge in [0, 0.05) is 25.6 Å². The summed E-state index contributed by atoms with van der Waals surface area (Å²) in [6.45, 7) is 0.492. The zero-order valence-electron chi connectivity index (χ0n) is 14.3. The first-order chi connectivity index (χ1) is 12.1. The number of aromatic nitrogens is 2. The van der Waals surface area contributed by atoms with Gasteiger partial charge < -0.3 is 10.0 Å². The van der Waals surface area contributed by atoms with E-state index in [9.17, 15) is 14.7 Å². The Morgan fingerprint density at radius 1 is 1.20 bits per heavy atom. The lowest BCUT2D eigenvalue weighted by Gasteiger charge is -2.31. The molecule has 1 amide bonds. The Labute approximate surface area is 146 Å². The van der Waals surface area contributed by atoms with E-state index in [4.69, 9.17) is 0 Å². The highest BCUT2D eigenvalue weighted by Gasteiger charge is 2.26. The standard InChI is InChI=1S/C19H23N3O3/c1-21(13-14-7-5-6-10-17(14)23)19(25)16-11-12-18(24)22(20-16)15-8-3-2-4-9-15/h2-4,8-9,11-12,14,17,23H,5-7,10,13H2,1H3/t14-,17-/m0/s1. The van der Waals surface area contributed by atoms with Crippen molar-refractivity contribution < 1.29 is 9.90 Å². The van der Waals surface area contributed by atoms with Crippen LogP contribution in [0.1, 0.15) is 36.2 Å². The molecule has 25 heavy (non-hydrogen) atoms. The minimum absolute atomic E-state index is 0.0997. The van der Waals surface area contributed by atoms with Crippen LogP contribution in [0, 0.1) is 5.92 Å². The second-order valence-corrected chi connectivity index (χ2v) is 6.60. The van der Waals surface area contributed by atoms with E-state index in [1.807, 2.05) is 18.2 Å². The Balaban J connectivity index is 1.79. The first-order valence-corrected chi connectivity index (χ1v) is 8.65. The van der Waals surface area contributed by atoms with E-state index in [-0.39, 0.29) is 29.2 Å². The third kappa shape index (κ3) is 3.96. The lowest BCUT2D eigenvalue weighted by molar-refractivity contribution is 0.0447. The number of carbonyl (C=O) groups is 1. The second-order valence-electron chi connectivity index (χ2n) is 6.60. The van der Waals surface area contributed by atoms with Crippen LogP contribution in [0.4, 0.5) is 0 Å². The fourth-order valence-electron chi connectivity index (χ4n) is 3.31. The monoisotopic (exact) mass is 341 g/mol. The zero-order valence-corrected chi connectivity index (χ0v) is 14.3. The predicted octanol–water partition coefficient (Wildman–Crippen LogP) is 1.86. The summed E-state index contributed by atoms with van der Waals surface area (Å²) in [5, 5.41) is 14.3. The number of aliphatic hydroxyl groups excluding tert-OH is 1. The maximum atomic E-state index is 12.7. The molecular weight excluding hydrogens is 318 g/mol. The number of carbonyl (C=O) groups excluding carboxylic acids is 1. The van der Waals surface area contributed by atoms with E-state index in [1.54, 1.807) is 24.1 Å². The van der Waals surface area contributed by atoms with E-state index >= 15 is 0 Å². The van der Waals surface area contributed by atoms with Crippen molar-refractivity contribution >= 4 is 5.91 Å². The van der Waals surface area contributed by atoms with Gasteiger partial charge in [-0.15, -0.1) is 0 Å². The van der Waals surface area contributed by atoms with E-state index < -0.39 is 0 Å². The highest BCUT2D eigenvalue weighted by atomic mass is 16.3. The van der Waals surface area contributed by atoms with E-state index in [0.29, 0.717) is 12.2 Å². The molecule has 1 aliphatic carbocycles. The molecule has 0 saturated heterocycles. The first kappa shape index (κ1) is 17.4. The quantitative estimate of drug-likeness (QED) is 0.921. The SMILES string of the molecule is CN(C[C@@H]1CCCC[C@@H]1O)C(=O)c1ccc(=O)n(-c2ccccc2)n1. The molecule has 0 spiro atoms. The van der Waals surface area contributed by atoms with Gasteiger partial charge in [0.25, 0.3) is 11.5 Å². The van der Waals surface area contributed by atoms with Crippen molar-refractivity contribution in [3.05, 3.63) is 58.5 Å². The number of hydrogen-bond donors (Lipinski definition) is 1. The number of aliphatic hydroxyl groups is 1. The molecule has 1 saturated carbocycles. The number of para-hydroxylation sites is 1. The third-order valence-electron chi connectivity index (χ3n) is 4.74. The molecule has 0 aliphatic heterocycles. The van der Waals surface area contributed by atoms with Crippen LogP contribution in [0.3, 0.4) is 0 Å². The molecule has 2 atom stereocenters. The molecule has 1 fully saturated rings. The Kier molecular flexibility index (Phi) is 5.28. The largest absolute Gasteiger partial charge is 0.393 e. The molecule has 1 aromatic carbocycles. The highest BCUT2D eigenvalue weighted by molar-refractivity contribution is 5.91. The Morgan fingerprint density at radius 2 is 1.92 bits per heavy atom. The van der Waals surface area contributed by atoms with Gasteiger partial charge in [0.15, 0.2) is 0 Å². The minimum atomic E-state index is -0.352. The molecule has 132 valence electrons. The molecule has 1 aromatic heterocycles. The Bertz CT molecular complexity index is 788. The van der Waals surface area contributed by atoms with Crippen molar-refractivity contribution in [1.82, 2.24) is 14.7 Å². The van der Waals surface area contributed by atoms with Gasteiger partial charge in [0.1, 0.15) is 5.69 Å². The molecule has 1 aliphatic rings. The fraction of sp³-hybridized carbons (Fsp3) is 0.421. The lowest BCUT2D eigenvalue weighted by Crippen LogP contribution is -2.39. The molecule has 0 unspecified atom stereocenters. The van der Waals surface area contributed by atoms with Crippen molar-refractivity contribution in [2.75, 3.05) is 13.6 Å². The molecule has 0 radical (unpaired) electrons. The predicted molar refractivity (Wildman–Crippen MR) is 94.8 cm³/mol. The summed E-state index contributed by atoms with van der Waals surface area (Å²) >= 11 is 0. The lowest BCUT2D eigenvalue weighted by atomic mass is 9.86. The van der Waals surface area contributed by atoms with Crippen LogP contribution in [-0.4, -0.2) is 45.4 Å². The number of rotatable bonds is 4. The van der Waals surface area contributed by atoms with Crippen LogP contribution >= 0.6 is 0 Å². The van der Waals surface area contributed by atoms with Gasteiger partial charge >= 0.3 is 0 Å². The maximum absolute atomic E-state index is 12.7. The van der Waals surface area contributed by atoms with Crippen LogP contribution in [0.2, 0.25) is 0 Å². The maximum Gasteiger partial charge on any atom is 0.274 e. The molecule has 6 nitrogen and oxygen atoms in total. The molecule has 6 heteroatoms. The first-order valence-electron chi connectivity index (χ1n) is 8.65.